The van der Waals surface area contributed by atoms with E-state index in [1.54, 1.807) is 0 Å². The molecule has 134 valence electrons. The van der Waals surface area contributed by atoms with E-state index >= 15 is 0 Å². The lowest BCUT2D eigenvalue weighted by Crippen LogP contribution is -2.35. The molecule has 0 spiro atoms. The third kappa shape index (κ3) is 8.28. The third-order valence-electron chi connectivity index (χ3n) is 4.49. The molecule has 1 atom stereocenters. The molecule has 1 amide bonds. The molecule has 0 heterocycles. The van der Waals surface area contributed by atoms with E-state index in [0.717, 1.165) is 12.8 Å². The largest absolute Gasteiger partial charge is 0.344 e. The number of aryl methyl sites for hydroxylation is 1. The van der Waals surface area contributed by atoms with Crippen LogP contribution >= 0.6 is 0 Å². The van der Waals surface area contributed by atoms with Gasteiger partial charge in [-0.15, -0.1) is 0 Å². The number of nitrogens with one attached hydrogen (secondary N) is 2. The summed E-state index contributed by atoms with van der Waals surface area (Å²) in [7, 11) is 0. The van der Waals surface area contributed by atoms with Gasteiger partial charge in [0.25, 0.3) is 5.91 Å². The van der Waals surface area contributed by atoms with Crippen LogP contribution in [0.1, 0.15) is 87.6 Å². The maximum Gasteiger partial charge on any atom is 0.251 e. The molecule has 24 heavy (non-hydrogen) atoms. The van der Waals surface area contributed by atoms with Gasteiger partial charge in [-0.3, -0.25) is 4.79 Å². The molecule has 0 bridgehead atoms. The second kappa shape index (κ2) is 12.7. The highest BCUT2D eigenvalue weighted by Crippen LogP contribution is 2.12. The van der Waals surface area contributed by atoms with Crippen LogP contribution in [0.25, 0.3) is 0 Å². The topological polar surface area (TPSA) is 53.0 Å². The number of benzene rings is 1. The minimum atomic E-state index is -0.172. The highest BCUT2D eigenvalue weighted by Gasteiger charge is 2.09. The molecular weight excluding hydrogens is 296 g/mol. The summed E-state index contributed by atoms with van der Waals surface area (Å²) in [5.74, 6) is -0.0935. The Morgan fingerprint density at radius 2 is 1.58 bits per heavy atom. The first-order valence-corrected chi connectivity index (χ1v) is 9.61. The molecule has 0 aliphatic rings. The van der Waals surface area contributed by atoms with Crippen LogP contribution in [0.2, 0.25) is 0 Å². The lowest BCUT2D eigenvalue weighted by molar-refractivity contribution is 0.0947. The summed E-state index contributed by atoms with van der Waals surface area (Å²) in [5, 5.41) is 10.1. The average Bonchev–Trinajstić information content (AvgIpc) is 2.62. The van der Waals surface area contributed by atoms with Gasteiger partial charge in [-0.2, -0.15) is 0 Å². The van der Waals surface area contributed by atoms with Gasteiger partial charge in [0.1, 0.15) is 0 Å². The van der Waals surface area contributed by atoms with Gasteiger partial charge >= 0.3 is 0 Å². The summed E-state index contributed by atoms with van der Waals surface area (Å²) in [6.45, 7) is 4.22. The summed E-state index contributed by atoms with van der Waals surface area (Å²) in [4.78, 5) is 12.1. The second-order valence-electron chi connectivity index (χ2n) is 6.58. The fourth-order valence-corrected chi connectivity index (χ4v) is 2.80. The Balaban J connectivity index is 2.24. The predicted molar refractivity (Wildman–Crippen MR) is 103 cm³/mol. The highest BCUT2D eigenvalue weighted by atomic mass is 16.1. The molecule has 1 aromatic rings. The van der Waals surface area contributed by atoms with Crippen molar-refractivity contribution in [2.24, 2.45) is 0 Å². The minimum Gasteiger partial charge on any atom is -0.344 e. The van der Waals surface area contributed by atoms with E-state index in [0.29, 0.717) is 5.56 Å². The number of hydrogen-bond donors (Lipinski definition) is 2. The number of hydrogen-bond acceptors (Lipinski definition) is 2. The zero-order valence-electron chi connectivity index (χ0n) is 15.4. The molecule has 1 unspecified atom stereocenters. The molecule has 0 radical (unpaired) electrons. The van der Waals surface area contributed by atoms with E-state index in [-0.39, 0.29) is 11.9 Å². The van der Waals surface area contributed by atoms with Gasteiger partial charge in [-0.1, -0.05) is 70.9 Å². The van der Waals surface area contributed by atoms with Crippen LogP contribution in [0, 0.1) is 5.41 Å². The number of carbonyl (C=O) groups is 1. The monoisotopic (exact) mass is 330 g/mol. The van der Waals surface area contributed by atoms with E-state index in [1.165, 1.54) is 63.1 Å². The maximum atomic E-state index is 12.1. The van der Waals surface area contributed by atoms with E-state index in [4.69, 9.17) is 5.41 Å². The van der Waals surface area contributed by atoms with Gasteiger partial charge in [0.2, 0.25) is 0 Å². The molecule has 0 aromatic heterocycles. The smallest absolute Gasteiger partial charge is 0.251 e. The first-order valence-electron chi connectivity index (χ1n) is 9.61. The zero-order valence-corrected chi connectivity index (χ0v) is 15.4. The standard InChI is InChI=1S/C21H34N2O/c1-3-5-6-7-8-9-10-11-12-18-13-15-19(16-14-18)21(24)23-20(4-2)17-22/h13-17,20,22H,3-12H2,1-2H3,(H,23,24). The van der Waals surface area contributed by atoms with E-state index < -0.39 is 0 Å². The Kier molecular flexibility index (Phi) is 10.8. The van der Waals surface area contributed by atoms with Crippen molar-refractivity contribution in [2.45, 2.75) is 84.1 Å². The summed E-state index contributed by atoms with van der Waals surface area (Å²) in [5.41, 5.74) is 1.98. The zero-order chi connectivity index (χ0) is 17.6. The maximum absolute atomic E-state index is 12.1. The molecule has 0 aliphatic carbocycles. The van der Waals surface area contributed by atoms with Crippen molar-refractivity contribution in [1.82, 2.24) is 5.32 Å². The van der Waals surface area contributed by atoms with Gasteiger partial charge in [-0.25, -0.2) is 0 Å². The number of unbranched alkanes of at least 4 members (excludes halogenated alkanes) is 7. The van der Waals surface area contributed by atoms with Crippen LogP contribution in [-0.4, -0.2) is 18.2 Å². The molecule has 0 saturated carbocycles. The van der Waals surface area contributed by atoms with Crippen molar-refractivity contribution in [3.05, 3.63) is 35.4 Å². The highest BCUT2D eigenvalue weighted by molar-refractivity contribution is 5.95. The van der Waals surface area contributed by atoms with Crippen molar-refractivity contribution < 1.29 is 4.79 Å². The van der Waals surface area contributed by atoms with Crippen LogP contribution in [0.5, 0.6) is 0 Å². The van der Waals surface area contributed by atoms with Gasteiger partial charge < -0.3 is 10.7 Å². The fraction of sp³-hybridized carbons (Fsp3) is 0.619. The summed E-state index contributed by atoms with van der Waals surface area (Å²) in [6, 6.07) is 7.73. The van der Waals surface area contributed by atoms with Crippen LogP contribution < -0.4 is 5.32 Å². The fourth-order valence-electron chi connectivity index (χ4n) is 2.80. The quantitative estimate of drug-likeness (QED) is 0.363. The molecule has 1 rings (SSSR count). The van der Waals surface area contributed by atoms with Crippen molar-refractivity contribution >= 4 is 12.1 Å². The Labute approximate surface area is 147 Å². The van der Waals surface area contributed by atoms with Gasteiger partial charge in [0.05, 0.1) is 6.04 Å². The number of carbonyl (C=O) groups excluding carboxylic acids is 1. The Hall–Kier alpha value is -1.64. The Morgan fingerprint density at radius 1 is 1.00 bits per heavy atom. The first kappa shape index (κ1) is 20.4. The summed E-state index contributed by atoms with van der Waals surface area (Å²) >= 11 is 0. The summed E-state index contributed by atoms with van der Waals surface area (Å²) < 4.78 is 0. The van der Waals surface area contributed by atoms with E-state index in [9.17, 15) is 4.79 Å². The molecule has 3 heteroatoms. The van der Waals surface area contributed by atoms with Crippen LogP contribution in [0.3, 0.4) is 0 Å². The Morgan fingerprint density at radius 3 is 2.12 bits per heavy atom. The molecule has 3 nitrogen and oxygen atoms in total. The lowest BCUT2D eigenvalue weighted by Gasteiger charge is -2.11. The van der Waals surface area contributed by atoms with E-state index in [2.05, 4.69) is 24.4 Å². The molecule has 0 saturated heterocycles. The lowest BCUT2D eigenvalue weighted by atomic mass is 10.0. The van der Waals surface area contributed by atoms with Crippen molar-refractivity contribution in [3.8, 4) is 0 Å². The van der Waals surface area contributed by atoms with E-state index in [1.807, 2.05) is 19.1 Å². The third-order valence-corrected chi connectivity index (χ3v) is 4.49. The van der Waals surface area contributed by atoms with Crippen molar-refractivity contribution in [3.63, 3.8) is 0 Å². The molecule has 1 aromatic carbocycles. The van der Waals surface area contributed by atoms with Gasteiger partial charge in [0, 0.05) is 11.8 Å². The van der Waals surface area contributed by atoms with Gasteiger partial charge in [-0.05, 0) is 37.0 Å². The van der Waals surface area contributed by atoms with Crippen molar-refractivity contribution in [2.75, 3.05) is 0 Å². The van der Waals surface area contributed by atoms with Crippen LogP contribution in [0.15, 0.2) is 24.3 Å². The van der Waals surface area contributed by atoms with Crippen molar-refractivity contribution in [1.29, 1.82) is 5.41 Å². The summed E-state index contributed by atoms with van der Waals surface area (Å²) in [6.07, 6.45) is 13.8. The SMILES string of the molecule is CCCCCCCCCCc1ccc(C(=O)NC(C=N)CC)cc1. The number of rotatable bonds is 13. The predicted octanol–water partition coefficient (Wildman–Crippen LogP) is 5.53. The number of amides is 1. The average molecular weight is 331 g/mol. The molecular formula is C21H34N2O. The Bertz CT molecular complexity index is 467. The minimum absolute atomic E-state index is 0.0935. The van der Waals surface area contributed by atoms with Crippen LogP contribution in [0.4, 0.5) is 0 Å². The first-order chi connectivity index (χ1) is 11.7. The molecule has 2 N–H and O–H groups in total. The molecule has 0 aliphatic heterocycles. The second-order valence-corrected chi connectivity index (χ2v) is 6.58. The van der Waals surface area contributed by atoms with Crippen LogP contribution in [-0.2, 0) is 6.42 Å². The molecule has 0 fully saturated rings. The normalized spacial score (nSPS) is 11.9. The van der Waals surface area contributed by atoms with Gasteiger partial charge in [0.15, 0.2) is 0 Å².